The van der Waals surface area contributed by atoms with Gasteiger partial charge in [-0.2, -0.15) is 0 Å². The summed E-state index contributed by atoms with van der Waals surface area (Å²) < 4.78 is 12.4. The Kier molecular flexibility index (Phi) is 12.7. The van der Waals surface area contributed by atoms with E-state index in [4.69, 9.17) is 9.15 Å². The van der Waals surface area contributed by atoms with Crippen LogP contribution in [0.25, 0.3) is 11.0 Å². The number of fused-ring (bicyclic) bond motifs is 1. The summed E-state index contributed by atoms with van der Waals surface area (Å²) in [5, 5.41) is 13.7. The molecule has 258 valence electrons. The minimum Gasteiger partial charge on any atom is -0.462 e. The van der Waals surface area contributed by atoms with Crippen LogP contribution >= 0.6 is 0 Å². The summed E-state index contributed by atoms with van der Waals surface area (Å²) in [6.07, 6.45) is 2.04. The first-order valence-electron chi connectivity index (χ1n) is 17.5. The van der Waals surface area contributed by atoms with E-state index in [1.807, 2.05) is 117 Å². The second-order valence-corrected chi connectivity index (χ2v) is 13.6. The van der Waals surface area contributed by atoms with Crippen molar-refractivity contribution in [1.82, 2.24) is 5.32 Å². The van der Waals surface area contributed by atoms with Crippen molar-refractivity contribution in [1.29, 1.82) is 0 Å². The molecule has 2 atom stereocenters. The van der Waals surface area contributed by atoms with E-state index in [9.17, 15) is 14.7 Å². The molecule has 4 aromatic carbocycles. The van der Waals surface area contributed by atoms with Gasteiger partial charge >= 0.3 is 5.97 Å². The number of ether oxygens (including phenoxy) is 1. The van der Waals surface area contributed by atoms with Gasteiger partial charge in [-0.25, -0.2) is 4.79 Å². The minimum absolute atomic E-state index is 0.0569. The third-order valence-electron chi connectivity index (χ3n) is 8.91. The maximum Gasteiger partial charge on any atom is 0.342 e. The van der Waals surface area contributed by atoms with Crippen LogP contribution in [0, 0.1) is 23.7 Å². The minimum atomic E-state index is -0.552. The molecule has 1 unspecified atom stereocenters. The number of furan rings is 1. The maximum atomic E-state index is 13.9. The lowest BCUT2D eigenvalue weighted by Crippen LogP contribution is -2.43. The molecule has 0 saturated carbocycles. The average Bonchev–Trinajstić information content (AvgIpc) is 3.48. The molecule has 5 rings (SSSR count). The van der Waals surface area contributed by atoms with Gasteiger partial charge in [0.2, 0.25) is 5.91 Å². The van der Waals surface area contributed by atoms with Crippen LogP contribution in [0.5, 0.6) is 0 Å². The van der Waals surface area contributed by atoms with Gasteiger partial charge in [0.05, 0.1) is 30.7 Å². The molecule has 0 radical (unpaired) electrons. The number of carbonyl (C=O) groups is 2. The topological polar surface area (TPSA) is 88.8 Å². The lowest BCUT2D eigenvalue weighted by Gasteiger charge is -2.24. The molecule has 1 amide bonds. The quantitative estimate of drug-likeness (QED) is 0.0918. The van der Waals surface area contributed by atoms with Gasteiger partial charge in [0.15, 0.2) is 5.58 Å². The number of aliphatic hydroxyl groups excluding tert-OH is 1. The van der Waals surface area contributed by atoms with E-state index in [0.717, 1.165) is 28.7 Å². The molecule has 0 bridgehead atoms. The number of nitrogens with one attached hydrogen (secondary N) is 1. The number of aliphatic hydroxyl groups is 1. The summed E-state index contributed by atoms with van der Waals surface area (Å²) >= 11 is 0. The summed E-state index contributed by atoms with van der Waals surface area (Å²) in [7, 11) is 0. The number of rotatable bonds is 14. The molecule has 0 aliphatic carbocycles. The first-order chi connectivity index (χ1) is 24.2. The SMILES string of the molecule is CC(C)CCOC(=O)c1c(Cc2ccccc2)oc2c(C#CCc3ccccc3)cc(CC(C(=O)N[C@@H](CO)C(C)C)c3ccccc3)cc12. The fraction of sp³-hybridized carbons (Fsp3) is 0.318. The molecule has 0 aliphatic heterocycles. The van der Waals surface area contributed by atoms with Crippen LogP contribution in [-0.2, 0) is 28.8 Å². The smallest absolute Gasteiger partial charge is 0.342 e. The summed E-state index contributed by atoms with van der Waals surface area (Å²) in [5.41, 5.74) is 5.34. The number of amides is 1. The van der Waals surface area contributed by atoms with Gasteiger partial charge in [0.1, 0.15) is 11.3 Å². The molecular weight excluding hydrogens is 622 g/mol. The van der Waals surface area contributed by atoms with Crippen molar-refractivity contribution in [2.24, 2.45) is 11.8 Å². The first kappa shape index (κ1) is 36.2. The maximum absolute atomic E-state index is 13.9. The van der Waals surface area contributed by atoms with E-state index in [1.54, 1.807) is 0 Å². The molecule has 2 N–H and O–H groups in total. The molecule has 1 aromatic heterocycles. The summed E-state index contributed by atoms with van der Waals surface area (Å²) in [6, 6.07) is 33.1. The second-order valence-electron chi connectivity index (χ2n) is 13.6. The number of hydrogen-bond acceptors (Lipinski definition) is 5. The monoisotopic (exact) mass is 669 g/mol. The highest BCUT2D eigenvalue weighted by molar-refractivity contribution is 6.06. The molecule has 50 heavy (non-hydrogen) atoms. The van der Waals surface area contributed by atoms with E-state index in [-0.39, 0.29) is 24.5 Å². The van der Waals surface area contributed by atoms with Crippen LogP contribution in [0.2, 0.25) is 0 Å². The van der Waals surface area contributed by atoms with Crippen molar-refractivity contribution in [3.63, 3.8) is 0 Å². The Hall–Kier alpha value is -5.12. The van der Waals surface area contributed by atoms with E-state index in [0.29, 0.717) is 59.6 Å². The van der Waals surface area contributed by atoms with E-state index in [2.05, 4.69) is 31.0 Å². The van der Waals surface area contributed by atoms with Gasteiger partial charge in [-0.15, -0.1) is 0 Å². The normalized spacial score (nSPS) is 12.4. The highest BCUT2D eigenvalue weighted by Crippen LogP contribution is 2.34. The molecule has 0 spiro atoms. The van der Waals surface area contributed by atoms with Crippen LogP contribution in [0.3, 0.4) is 0 Å². The van der Waals surface area contributed by atoms with E-state index < -0.39 is 11.9 Å². The highest BCUT2D eigenvalue weighted by Gasteiger charge is 2.28. The standard InChI is InChI=1S/C44H47NO5/c1-30(2)23-24-49-44(48)41-38-27-34(26-37(35-20-12-7-13-21-35)43(47)45-39(29-46)31(3)4)25-36(22-14-19-32-15-8-5-9-16-32)42(38)50-40(41)28-33-17-10-6-11-18-33/h5-13,15-18,20-21,25,27,30-31,37,39,46H,19,23-24,26,28-29H2,1-4H3,(H,45,47)/t37?,39-/m0/s1. The van der Waals surface area contributed by atoms with Crippen molar-refractivity contribution >= 4 is 22.8 Å². The Morgan fingerprint density at radius 2 is 1.48 bits per heavy atom. The van der Waals surface area contributed by atoms with E-state index >= 15 is 0 Å². The van der Waals surface area contributed by atoms with Gasteiger partial charge in [-0.1, -0.05) is 131 Å². The number of hydrogen-bond donors (Lipinski definition) is 2. The lowest BCUT2D eigenvalue weighted by molar-refractivity contribution is -0.124. The number of esters is 1. The predicted octanol–water partition coefficient (Wildman–Crippen LogP) is 8.28. The van der Waals surface area contributed by atoms with Crippen molar-refractivity contribution in [2.75, 3.05) is 13.2 Å². The summed E-state index contributed by atoms with van der Waals surface area (Å²) in [4.78, 5) is 27.8. The van der Waals surface area contributed by atoms with Gasteiger partial charge in [0.25, 0.3) is 0 Å². The zero-order valence-corrected chi connectivity index (χ0v) is 29.4. The van der Waals surface area contributed by atoms with Crippen LogP contribution in [0.1, 0.15) is 84.0 Å². The Balaban J connectivity index is 1.64. The molecule has 0 saturated heterocycles. The lowest BCUT2D eigenvalue weighted by atomic mass is 9.89. The third-order valence-corrected chi connectivity index (χ3v) is 8.91. The van der Waals surface area contributed by atoms with Gasteiger partial charge in [-0.3, -0.25) is 4.79 Å². The highest BCUT2D eigenvalue weighted by atomic mass is 16.5. The number of carbonyl (C=O) groups excluding carboxylic acids is 2. The molecule has 0 fully saturated rings. The molecule has 1 heterocycles. The fourth-order valence-corrected chi connectivity index (χ4v) is 5.94. The Morgan fingerprint density at radius 1 is 0.840 bits per heavy atom. The van der Waals surface area contributed by atoms with Gasteiger partial charge < -0.3 is 19.6 Å². The van der Waals surface area contributed by atoms with Crippen LogP contribution in [0.15, 0.2) is 108 Å². The fourth-order valence-electron chi connectivity index (χ4n) is 5.94. The van der Waals surface area contributed by atoms with Crippen LogP contribution in [-0.4, -0.2) is 36.2 Å². The van der Waals surface area contributed by atoms with E-state index in [1.165, 1.54) is 0 Å². The summed E-state index contributed by atoms with van der Waals surface area (Å²) in [6.45, 7) is 8.28. The third kappa shape index (κ3) is 9.52. The molecule has 6 nitrogen and oxygen atoms in total. The average molecular weight is 670 g/mol. The molecular formula is C44H47NO5. The van der Waals surface area contributed by atoms with Crippen molar-refractivity contribution in [3.8, 4) is 11.8 Å². The molecule has 5 aromatic rings. The van der Waals surface area contributed by atoms with Crippen LogP contribution in [0.4, 0.5) is 0 Å². The van der Waals surface area contributed by atoms with Crippen molar-refractivity contribution in [3.05, 3.63) is 142 Å². The van der Waals surface area contributed by atoms with Crippen LogP contribution < -0.4 is 5.32 Å². The Bertz CT molecular complexity index is 1920. The van der Waals surface area contributed by atoms with Crippen molar-refractivity contribution < 1.29 is 23.8 Å². The Morgan fingerprint density at radius 3 is 2.10 bits per heavy atom. The molecule has 0 aliphatic rings. The zero-order chi connectivity index (χ0) is 35.5. The number of benzene rings is 4. The second kappa shape index (κ2) is 17.5. The summed E-state index contributed by atoms with van der Waals surface area (Å²) in [5.74, 6) is 6.45. The largest absolute Gasteiger partial charge is 0.462 e. The zero-order valence-electron chi connectivity index (χ0n) is 29.4. The molecule has 6 heteroatoms. The predicted molar refractivity (Wildman–Crippen MR) is 199 cm³/mol. The first-order valence-corrected chi connectivity index (χ1v) is 17.5. The van der Waals surface area contributed by atoms with Crippen molar-refractivity contribution in [2.45, 2.75) is 65.3 Å². The van der Waals surface area contributed by atoms with Gasteiger partial charge in [0, 0.05) is 18.2 Å². The van der Waals surface area contributed by atoms with Gasteiger partial charge in [-0.05, 0) is 59.1 Å². The Labute approximate surface area is 295 Å².